The minimum absolute atomic E-state index is 0.0715. The van der Waals surface area contributed by atoms with E-state index in [2.05, 4.69) is 15.9 Å². The predicted molar refractivity (Wildman–Crippen MR) is 75.1 cm³/mol. The Kier molecular flexibility index (Phi) is 3.72. The Hall–Kier alpha value is -0.750. The van der Waals surface area contributed by atoms with Crippen LogP contribution < -0.4 is 4.74 Å². The summed E-state index contributed by atoms with van der Waals surface area (Å²) in [7, 11) is 0. The van der Waals surface area contributed by atoms with Crippen LogP contribution in [0.15, 0.2) is 22.7 Å². The van der Waals surface area contributed by atoms with Gasteiger partial charge in [-0.05, 0) is 43.9 Å². The van der Waals surface area contributed by atoms with Gasteiger partial charge in [0.05, 0.1) is 12.0 Å². The maximum atomic E-state index is 12.8. The molecule has 1 heterocycles. The summed E-state index contributed by atoms with van der Waals surface area (Å²) in [5, 5.41) is 10.3. The van der Waals surface area contributed by atoms with Crippen LogP contribution in [-0.4, -0.2) is 16.9 Å². The zero-order chi connectivity index (χ0) is 15.3. The number of aliphatic hydroxyl groups is 1. The number of halogens is 4. The van der Waals surface area contributed by atoms with Crippen LogP contribution in [-0.2, 0) is 0 Å². The fourth-order valence-corrected chi connectivity index (χ4v) is 3.77. The Morgan fingerprint density at radius 3 is 2.52 bits per heavy atom. The summed E-state index contributed by atoms with van der Waals surface area (Å²) in [6.07, 6.45) is -3.63. The lowest BCUT2D eigenvalue weighted by atomic mass is 9.74. The molecule has 1 aromatic carbocycles. The zero-order valence-corrected chi connectivity index (χ0v) is 12.9. The number of aliphatic hydroxyl groups excluding tert-OH is 1. The summed E-state index contributed by atoms with van der Waals surface area (Å²) in [5.41, 5.74) is 0.0510. The van der Waals surface area contributed by atoms with Crippen LogP contribution in [0.1, 0.15) is 43.8 Å². The number of fused-ring (bicyclic) bond motifs is 1. The van der Waals surface area contributed by atoms with Crippen LogP contribution in [0.25, 0.3) is 0 Å². The highest BCUT2D eigenvalue weighted by molar-refractivity contribution is 9.10. The first-order valence-electron chi connectivity index (χ1n) is 7.02. The van der Waals surface area contributed by atoms with Gasteiger partial charge in [-0.3, -0.25) is 0 Å². The minimum Gasteiger partial charge on any atom is -0.487 e. The second-order valence-corrected chi connectivity index (χ2v) is 6.92. The van der Waals surface area contributed by atoms with Crippen molar-refractivity contribution < 1.29 is 23.0 Å². The van der Waals surface area contributed by atoms with E-state index in [9.17, 15) is 18.3 Å². The normalized spacial score (nSPS) is 32.6. The van der Waals surface area contributed by atoms with Gasteiger partial charge in [0.25, 0.3) is 0 Å². The van der Waals surface area contributed by atoms with Gasteiger partial charge in [-0.15, -0.1) is 0 Å². The number of hydrogen-bond acceptors (Lipinski definition) is 2. The highest BCUT2D eigenvalue weighted by atomic mass is 79.9. The molecule has 1 saturated carbocycles. The first-order chi connectivity index (χ1) is 9.79. The number of alkyl halides is 3. The summed E-state index contributed by atoms with van der Waals surface area (Å²) >= 11 is 3.34. The van der Waals surface area contributed by atoms with E-state index in [1.165, 1.54) is 0 Å². The van der Waals surface area contributed by atoms with Gasteiger partial charge in [-0.1, -0.05) is 15.9 Å². The van der Waals surface area contributed by atoms with Crippen LogP contribution in [0.4, 0.5) is 13.2 Å². The van der Waals surface area contributed by atoms with E-state index in [1.807, 2.05) is 6.07 Å². The Morgan fingerprint density at radius 2 is 1.90 bits per heavy atom. The number of rotatable bonds is 0. The third-order valence-corrected chi connectivity index (χ3v) is 5.08. The average molecular weight is 365 g/mol. The van der Waals surface area contributed by atoms with Gasteiger partial charge >= 0.3 is 6.18 Å². The van der Waals surface area contributed by atoms with Crippen LogP contribution in [0, 0.1) is 5.92 Å². The van der Waals surface area contributed by atoms with E-state index in [1.54, 1.807) is 12.1 Å². The zero-order valence-electron chi connectivity index (χ0n) is 11.3. The quantitative estimate of drug-likeness (QED) is 0.719. The van der Waals surface area contributed by atoms with Crippen molar-refractivity contribution in [3.63, 3.8) is 0 Å². The lowest BCUT2D eigenvalue weighted by molar-refractivity contribution is -0.193. The second-order valence-electron chi connectivity index (χ2n) is 6.00. The van der Waals surface area contributed by atoms with Gasteiger partial charge in [0.1, 0.15) is 11.4 Å². The third kappa shape index (κ3) is 2.93. The van der Waals surface area contributed by atoms with Crippen LogP contribution >= 0.6 is 15.9 Å². The van der Waals surface area contributed by atoms with Crippen molar-refractivity contribution in [2.24, 2.45) is 5.92 Å². The smallest absolute Gasteiger partial charge is 0.391 e. The van der Waals surface area contributed by atoms with E-state index in [0.29, 0.717) is 30.6 Å². The van der Waals surface area contributed by atoms with E-state index < -0.39 is 23.8 Å². The molecule has 1 aliphatic heterocycles. The molecule has 3 rings (SSSR count). The van der Waals surface area contributed by atoms with Crippen molar-refractivity contribution >= 4 is 15.9 Å². The first kappa shape index (κ1) is 15.2. The molecule has 116 valence electrons. The highest BCUT2D eigenvalue weighted by Crippen LogP contribution is 2.50. The van der Waals surface area contributed by atoms with Crippen LogP contribution in [0.2, 0.25) is 0 Å². The molecule has 1 spiro atoms. The molecule has 1 aromatic rings. The monoisotopic (exact) mass is 364 g/mol. The molecule has 0 unspecified atom stereocenters. The number of benzene rings is 1. The summed E-state index contributed by atoms with van der Waals surface area (Å²) in [6, 6.07) is 5.37. The van der Waals surface area contributed by atoms with Crippen molar-refractivity contribution in [3.8, 4) is 5.75 Å². The summed E-state index contributed by atoms with van der Waals surface area (Å²) < 4.78 is 45.1. The number of ether oxygens (including phenoxy) is 1. The minimum atomic E-state index is -4.13. The Balaban J connectivity index is 1.79. The lowest BCUT2D eigenvalue weighted by Crippen LogP contribution is -2.46. The molecule has 0 amide bonds. The molecule has 2 nitrogen and oxygen atoms in total. The van der Waals surface area contributed by atoms with Gasteiger partial charge in [0.15, 0.2) is 0 Å². The number of hydrogen-bond donors (Lipinski definition) is 1. The average Bonchev–Trinajstić information content (AvgIpc) is 2.39. The van der Waals surface area contributed by atoms with Crippen molar-refractivity contribution in [1.29, 1.82) is 0 Å². The van der Waals surface area contributed by atoms with Gasteiger partial charge in [0, 0.05) is 16.5 Å². The molecule has 0 radical (unpaired) electrons. The van der Waals surface area contributed by atoms with Gasteiger partial charge in [-0.2, -0.15) is 13.2 Å². The van der Waals surface area contributed by atoms with Gasteiger partial charge < -0.3 is 9.84 Å². The van der Waals surface area contributed by atoms with Crippen molar-refractivity contribution in [3.05, 3.63) is 28.2 Å². The molecule has 0 bridgehead atoms. The topological polar surface area (TPSA) is 29.5 Å². The molecule has 1 aliphatic carbocycles. The Labute approximate surface area is 129 Å². The Bertz CT molecular complexity index is 536. The van der Waals surface area contributed by atoms with Gasteiger partial charge in [-0.25, -0.2) is 0 Å². The first-order valence-corrected chi connectivity index (χ1v) is 7.82. The maximum absolute atomic E-state index is 12.8. The van der Waals surface area contributed by atoms with Crippen molar-refractivity contribution in [2.45, 2.75) is 50.0 Å². The van der Waals surface area contributed by atoms with Crippen molar-refractivity contribution in [1.82, 2.24) is 0 Å². The maximum Gasteiger partial charge on any atom is 0.391 e. The molecule has 1 atom stereocenters. The summed E-state index contributed by atoms with van der Waals surface area (Å²) in [6.45, 7) is 0. The highest BCUT2D eigenvalue weighted by Gasteiger charge is 2.49. The SMILES string of the molecule is O[C@H]1CC2(CCC(C(F)(F)F)CC2)Oc2ccc(Br)cc21. The molecule has 21 heavy (non-hydrogen) atoms. The standard InChI is InChI=1S/C15H16BrF3O2/c16-10-1-2-13-11(7-10)12(20)8-14(21-13)5-3-9(4-6-14)15(17,18)19/h1-2,7,9,12,20H,3-6,8H2/t9?,12-,14?/m0/s1. The van der Waals surface area contributed by atoms with E-state index in [-0.39, 0.29) is 12.8 Å². The fraction of sp³-hybridized carbons (Fsp3) is 0.600. The molecular formula is C15H16BrF3O2. The molecule has 2 aliphatic rings. The molecule has 1 fully saturated rings. The van der Waals surface area contributed by atoms with Crippen LogP contribution in [0.5, 0.6) is 5.75 Å². The predicted octanol–water partition coefficient (Wildman–Crippen LogP) is 4.76. The molecule has 6 heteroatoms. The lowest BCUT2D eigenvalue weighted by Gasteiger charge is -2.45. The molecule has 1 N–H and O–H groups in total. The summed E-state index contributed by atoms with van der Waals surface area (Å²) in [5.74, 6) is -0.655. The van der Waals surface area contributed by atoms with E-state index in [4.69, 9.17) is 4.74 Å². The largest absolute Gasteiger partial charge is 0.487 e. The van der Waals surface area contributed by atoms with E-state index >= 15 is 0 Å². The molecule has 0 aromatic heterocycles. The molecule has 0 saturated heterocycles. The second kappa shape index (κ2) is 5.16. The van der Waals surface area contributed by atoms with Crippen molar-refractivity contribution in [2.75, 3.05) is 0 Å². The summed E-state index contributed by atoms with van der Waals surface area (Å²) in [4.78, 5) is 0. The fourth-order valence-electron chi connectivity index (χ4n) is 3.39. The molecular weight excluding hydrogens is 349 g/mol. The van der Waals surface area contributed by atoms with E-state index in [0.717, 1.165) is 4.47 Å². The Morgan fingerprint density at radius 1 is 1.24 bits per heavy atom. The third-order valence-electron chi connectivity index (χ3n) is 4.58. The van der Waals surface area contributed by atoms with Gasteiger partial charge in [0.2, 0.25) is 0 Å². The van der Waals surface area contributed by atoms with Crippen LogP contribution in [0.3, 0.4) is 0 Å².